The topological polar surface area (TPSA) is 49.4 Å². The molecule has 0 aliphatic carbocycles. The van der Waals surface area contributed by atoms with Crippen LogP contribution < -0.4 is 5.32 Å². The van der Waals surface area contributed by atoms with Crippen molar-refractivity contribution in [1.29, 1.82) is 0 Å². The zero-order chi connectivity index (χ0) is 26.6. The van der Waals surface area contributed by atoms with Crippen molar-refractivity contribution in [1.82, 2.24) is 10.2 Å². The summed E-state index contributed by atoms with van der Waals surface area (Å²) >= 11 is 0. The van der Waals surface area contributed by atoms with Gasteiger partial charge in [-0.2, -0.15) is 0 Å². The fourth-order valence-corrected chi connectivity index (χ4v) is 4.47. The molecule has 0 spiro atoms. The fraction of sp³-hybridized carbons (Fsp3) is 0.212. The predicted molar refractivity (Wildman–Crippen MR) is 149 cm³/mol. The molecule has 1 atom stereocenters. The Labute approximate surface area is 224 Å². The normalized spacial score (nSPS) is 11.5. The van der Waals surface area contributed by atoms with E-state index in [1.165, 1.54) is 12.1 Å². The zero-order valence-electron chi connectivity index (χ0n) is 21.4. The maximum absolute atomic E-state index is 13.7. The first-order chi connectivity index (χ1) is 18.6. The SMILES string of the molecule is O=C(NCCc1ccccc1)C(Cc1ccccc1)N(Cc1ccc(F)cc1)C(=O)CCc1ccccc1. The van der Waals surface area contributed by atoms with Gasteiger partial charge in [-0.1, -0.05) is 103 Å². The van der Waals surface area contributed by atoms with Crippen molar-refractivity contribution in [3.05, 3.63) is 143 Å². The van der Waals surface area contributed by atoms with Gasteiger partial charge in [0.1, 0.15) is 11.9 Å². The largest absolute Gasteiger partial charge is 0.354 e. The standard InChI is InChI=1S/C33H33FN2O2/c34-30-19-16-29(17-20-30)25-36(32(37)21-18-26-10-4-1-5-11-26)31(24-28-14-8-3-9-15-28)33(38)35-23-22-27-12-6-2-7-13-27/h1-17,19-20,31H,18,21-25H2,(H,35,38). The average molecular weight is 509 g/mol. The van der Waals surface area contributed by atoms with E-state index in [0.29, 0.717) is 25.8 Å². The molecule has 0 heterocycles. The molecule has 38 heavy (non-hydrogen) atoms. The lowest BCUT2D eigenvalue weighted by Crippen LogP contribution is -2.50. The summed E-state index contributed by atoms with van der Waals surface area (Å²) in [6.07, 6.45) is 1.93. The van der Waals surface area contributed by atoms with Gasteiger partial charge in [0.05, 0.1) is 0 Å². The molecule has 1 N–H and O–H groups in total. The van der Waals surface area contributed by atoms with E-state index < -0.39 is 6.04 Å². The summed E-state index contributed by atoms with van der Waals surface area (Å²) in [5.74, 6) is -0.646. The number of amides is 2. The van der Waals surface area contributed by atoms with Gasteiger partial charge in [0.2, 0.25) is 11.8 Å². The third-order valence-corrected chi connectivity index (χ3v) is 6.56. The van der Waals surface area contributed by atoms with Gasteiger partial charge in [-0.05, 0) is 47.2 Å². The van der Waals surface area contributed by atoms with Gasteiger partial charge >= 0.3 is 0 Å². The number of hydrogen-bond donors (Lipinski definition) is 1. The van der Waals surface area contributed by atoms with Crippen LogP contribution in [0.15, 0.2) is 115 Å². The number of carbonyl (C=O) groups excluding carboxylic acids is 2. The molecule has 0 bridgehead atoms. The van der Waals surface area contributed by atoms with Gasteiger partial charge in [-0.15, -0.1) is 0 Å². The number of hydrogen-bond acceptors (Lipinski definition) is 2. The number of benzene rings is 4. The highest BCUT2D eigenvalue weighted by Crippen LogP contribution is 2.17. The van der Waals surface area contributed by atoms with E-state index in [0.717, 1.165) is 22.3 Å². The molecular weight excluding hydrogens is 475 g/mol. The molecule has 194 valence electrons. The maximum Gasteiger partial charge on any atom is 0.243 e. The average Bonchev–Trinajstić information content (AvgIpc) is 2.96. The molecule has 2 amide bonds. The van der Waals surface area contributed by atoms with Crippen LogP contribution in [0.5, 0.6) is 0 Å². The lowest BCUT2D eigenvalue weighted by molar-refractivity contribution is -0.141. The molecule has 0 fully saturated rings. The number of nitrogens with zero attached hydrogens (tertiary/aromatic N) is 1. The Kier molecular flexibility index (Phi) is 9.80. The lowest BCUT2D eigenvalue weighted by Gasteiger charge is -2.31. The first-order valence-electron chi connectivity index (χ1n) is 13.0. The van der Waals surface area contributed by atoms with Crippen molar-refractivity contribution in [2.45, 2.75) is 38.3 Å². The van der Waals surface area contributed by atoms with E-state index in [9.17, 15) is 14.0 Å². The third-order valence-electron chi connectivity index (χ3n) is 6.56. The quantitative estimate of drug-likeness (QED) is 0.265. The molecule has 5 heteroatoms. The lowest BCUT2D eigenvalue weighted by atomic mass is 10.0. The Morgan fingerprint density at radius 2 is 1.18 bits per heavy atom. The number of halogens is 1. The zero-order valence-corrected chi connectivity index (χ0v) is 21.4. The first kappa shape index (κ1) is 26.8. The minimum atomic E-state index is -0.707. The molecular formula is C33H33FN2O2. The van der Waals surface area contributed by atoms with Crippen molar-refractivity contribution in [3.8, 4) is 0 Å². The van der Waals surface area contributed by atoms with Crippen molar-refractivity contribution < 1.29 is 14.0 Å². The molecule has 4 rings (SSSR count). The van der Waals surface area contributed by atoms with Crippen molar-refractivity contribution >= 4 is 11.8 Å². The van der Waals surface area contributed by atoms with E-state index in [1.54, 1.807) is 17.0 Å². The van der Waals surface area contributed by atoms with Gasteiger partial charge in [0.25, 0.3) is 0 Å². The van der Waals surface area contributed by atoms with Crippen LogP contribution in [0.25, 0.3) is 0 Å². The summed E-state index contributed by atoms with van der Waals surface area (Å²) in [5, 5.41) is 3.06. The van der Waals surface area contributed by atoms with Crippen LogP contribution in [0.3, 0.4) is 0 Å². The summed E-state index contributed by atoms with van der Waals surface area (Å²) in [6, 6.07) is 34.9. The van der Waals surface area contributed by atoms with E-state index in [1.807, 2.05) is 91.0 Å². The van der Waals surface area contributed by atoms with E-state index in [4.69, 9.17) is 0 Å². The second kappa shape index (κ2) is 13.9. The molecule has 0 saturated carbocycles. The molecule has 0 saturated heterocycles. The Hall–Kier alpha value is -4.25. The molecule has 0 aliphatic heterocycles. The Balaban J connectivity index is 1.56. The molecule has 0 aliphatic rings. The Morgan fingerprint density at radius 1 is 0.658 bits per heavy atom. The van der Waals surface area contributed by atoms with Crippen LogP contribution in [-0.4, -0.2) is 29.3 Å². The highest BCUT2D eigenvalue weighted by atomic mass is 19.1. The van der Waals surface area contributed by atoms with E-state index in [2.05, 4.69) is 5.32 Å². The van der Waals surface area contributed by atoms with Gasteiger partial charge in [0, 0.05) is 25.9 Å². The predicted octanol–water partition coefficient (Wildman–Crippen LogP) is 5.76. The van der Waals surface area contributed by atoms with Crippen LogP contribution in [0.1, 0.15) is 28.7 Å². The van der Waals surface area contributed by atoms with Crippen LogP contribution in [0.2, 0.25) is 0 Å². The molecule has 4 nitrogen and oxygen atoms in total. The minimum Gasteiger partial charge on any atom is -0.354 e. The first-order valence-corrected chi connectivity index (χ1v) is 13.0. The van der Waals surface area contributed by atoms with E-state index in [-0.39, 0.29) is 30.6 Å². The van der Waals surface area contributed by atoms with Gasteiger partial charge in [-0.3, -0.25) is 9.59 Å². The van der Waals surface area contributed by atoms with Crippen LogP contribution in [-0.2, 0) is 35.4 Å². The number of rotatable bonds is 12. The minimum absolute atomic E-state index is 0.114. The highest BCUT2D eigenvalue weighted by molar-refractivity contribution is 5.88. The van der Waals surface area contributed by atoms with E-state index >= 15 is 0 Å². The third kappa shape index (κ3) is 8.13. The number of nitrogens with one attached hydrogen (secondary N) is 1. The Bertz CT molecular complexity index is 1280. The van der Waals surface area contributed by atoms with Gasteiger partial charge < -0.3 is 10.2 Å². The Morgan fingerprint density at radius 3 is 1.76 bits per heavy atom. The monoisotopic (exact) mass is 508 g/mol. The van der Waals surface area contributed by atoms with Crippen molar-refractivity contribution in [2.24, 2.45) is 0 Å². The summed E-state index contributed by atoms with van der Waals surface area (Å²) in [5.41, 5.74) is 3.94. The summed E-state index contributed by atoms with van der Waals surface area (Å²) in [7, 11) is 0. The molecule has 0 aromatic heterocycles. The summed E-state index contributed by atoms with van der Waals surface area (Å²) in [4.78, 5) is 29.0. The van der Waals surface area contributed by atoms with Crippen molar-refractivity contribution in [2.75, 3.05) is 6.54 Å². The summed E-state index contributed by atoms with van der Waals surface area (Å²) in [6.45, 7) is 0.689. The summed E-state index contributed by atoms with van der Waals surface area (Å²) < 4.78 is 13.6. The molecule has 4 aromatic carbocycles. The van der Waals surface area contributed by atoms with Gasteiger partial charge in [-0.25, -0.2) is 4.39 Å². The molecule has 1 unspecified atom stereocenters. The van der Waals surface area contributed by atoms with Gasteiger partial charge in [0.15, 0.2) is 0 Å². The maximum atomic E-state index is 13.7. The second-order valence-corrected chi connectivity index (χ2v) is 9.37. The van der Waals surface area contributed by atoms with Crippen LogP contribution in [0, 0.1) is 5.82 Å². The van der Waals surface area contributed by atoms with Crippen molar-refractivity contribution in [3.63, 3.8) is 0 Å². The number of aryl methyl sites for hydroxylation is 1. The molecule has 0 radical (unpaired) electrons. The highest BCUT2D eigenvalue weighted by Gasteiger charge is 2.30. The number of carbonyl (C=O) groups is 2. The fourth-order valence-electron chi connectivity index (χ4n) is 4.47. The van der Waals surface area contributed by atoms with Crippen LogP contribution in [0.4, 0.5) is 4.39 Å². The molecule has 4 aromatic rings. The van der Waals surface area contributed by atoms with Crippen LogP contribution >= 0.6 is 0 Å². The second-order valence-electron chi connectivity index (χ2n) is 9.37. The smallest absolute Gasteiger partial charge is 0.243 e.